The van der Waals surface area contributed by atoms with Crippen LogP contribution in [0.3, 0.4) is 0 Å². The number of aryl methyl sites for hydroxylation is 1. The van der Waals surface area contributed by atoms with E-state index < -0.39 is 36.5 Å². The summed E-state index contributed by atoms with van der Waals surface area (Å²) in [7, 11) is 0. The van der Waals surface area contributed by atoms with Gasteiger partial charge in [-0.1, -0.05) is 12.1 Å². The minimum Gasteiger partial charge on any atom is -0.485 e. The smallest absolute Gasteiger partial charge is 0.332 e. The van der Waals surface area contributed by atoms with E-state index in [4.69, 9.17) is 4.74 Å². The zero-order chi connectivity index (χ0) is 25.1. The van der Waals surface area contributed by atoms with Gasteiger partial charge in [-0.3, -0.25) is 18.7 Å². The molecule has 1 saturated heterocycles. The summed E-state index contributed by atoms with van der Waals surface area (Å²) >= 11 is 0. The van der Waals surface area contributed by atoms with Gasteiger partial charge in [-0.2, -0.15) is 0 Å². The summed E-state index contributed by atoms with van der Waals surface area (Å²) in [6.07, 6.45) is 0.480. The number of alkyl halides is 2. The quantitative estimate of drug-likeness (QED) is 0.456. The topological polar surface area (TPSA) is 73.5 Å². The molecular weight excluding hydrogens is 463 g/mol. The Labute approximate surface area is 199 Å². The van der Waals surface area contributed by atoms with E-state index in [-0.39, 0.29) is 23.7 Å². The summed E-state index contributed by atoms with van der Waals surface area (Å²) in [6, 6.07) is 8.60. The number of ether oxygens (including phenoxy) is 1. The second-order valence-electron chi connectivity index (χ2n) is 8.73. The molecule has 1 fully saturated rings. The molecule has 1 aromatic heterocycles. The number of carbonyl (C=O) groups is 1. The first-order valence-corrected chi connectivity index (χ1v) is 11.4. The summed E-state index contributed by atoms with van der Waals surface area (Å²) in [5, 5.41) is 0.143. The number of hydrogen-bond acceptors (Lipinski definition) is 4. The van der Waals surface area contributed by atoms with Gasteiger partial charge in [-0.25, -0.2) is 18.0 Å². The van der Waals surface area contributed by atoms with Crippen LogP contribution in [0.25, 0.3) is 10.9 Å². The molecule has 0 bridgehead atoms. The van der Waals surface area contributed by atoms with Crippen LogP contribution in [-0.2, 0) is 11.3 Å². The van der Waals surface area contributed by atoms with E-state index in [9.17, 15) is 27.6 Å². The number of rotatable bonds is 8. The zero-order valence-corrected chi connectivity index (χ0v) is 19.3. The molecule has 4 rings (SSSR count). The van der Waals surface area contributed by atoms with Crippen molar-refractivity contribution in [3.05, 3.63) is 74.2 Å². The molecule has 0 N–H and O–H groups in total. The number of likely N-dealkylation sites (tertiary alicyclic amines) is 1. The normalized spacial score (nSPS) is 14.6. The summed E-state index contributed by atoms with van der Waals surface area (Å²) in [5.41, 5.74) is 0.0785. The van der Waals surface area contributed by atoms with E-state index in [2.05, 4.69) is 0 Å². The van der Waals surface area contributed by atoms with Crippen molar-refractivity contribution >= 4 is 17.3 Å². The lowest BCUT2D eigenvalue weighted by molar-refractivity contribution is -0.119. The lowest BCUT2D eigenvalue weighted by Crippen LogP contribution is -2.44. The largest absolute Gasteiger partial charge is 0.485 e. The maximum Gasteiger partial charge on any atom is 0.332 e. The number of piperidine rings is 1. The van der Waals surface area contributed by atoms with E-state index in [1.165, 1.54) is 28.8 Å². The fraction of sp³-hybridized carbons (Fsp3) is 0.400. The van der Waals surface area contributed by atoms with Crippen molar-refractivity contribution in [2.24, 2.45) is 0 Å². The Hall–Kier alpha value is -3.56. The van der Waals surface area contributed by atoms with E-state index in [1.54, 1.807) is 24.0 Å². The second kappa shape index (κ2) is 10.4. The van der Waals surface area contributed by atoms with Crippen molar-refractivity contribution in [2.45, 2.75) is 38.5 Å². The minimum atomic E-state index is -1.30. The van der Waals surface area contributed by atoms with Gasteiger partial charge in [0.05, 0.1) is 17.4 Å². The summed E-state index contributed by atoms with van der Waals surface area (Å²) < 4.78 is 48.0. The van der Waals surface area contributed by atoms with Crippen LogP contribution in [0, 0.1) is 12.7 Å². The minimum absolute atomic E-state index is 0.101. The zero-order valence-electron chi connectivity index (χ0n) is 19.3. The SMILES string of the molecule is Cc1ccc(Cn2c(=O)c3cc(OC(CF)CF)ccc3n(C3CCN(C=O)CC3)c2=O)cc1F. The number of aromatic nitrogens is 2. The van der Waals surface area contributed by atoms with Crippen LogP contribution >= 0.6 is 0 Å². The molecule has 0 unspecified atom stereocenters. The Morgan fingerprint density at radius 3 is 2.43 bits per heavy atom. The first kappa shape index (κ1) is 24.6. The van der Waals surface area contributed by atoms with Crippen molar-refractivity contribution in [1.82, 2.24) is 14.0 Å². The van der Waals surface area contributed by atoms with Gasteiger partial charge in [0.1, 0.15) is 24.9 Å². The van der Waals surface area contributed by atoms with Crippen LogP contribution in [0.1, 0.15) is 30.0 Å². The molecular formula is C25H26F3N3O4. The highest BCUT2D eigenvalue weighted by atomic mass is 19.1. The predicted octanol–water partition coefficient (Wildman–Crippen LogP) is 3.14. The Morgan fingerprint density at radius 1 is 1.09 bits per heavy atom. The average molecular weight is 489 g/mol. The van der Waals surface area contributed by atoms with Crippen molar-refractivity contribution in [3.63, 3.8) is 0 Å². The lowest BCUT2D eigenvalue weighted by Gasteiger charge is -2.31. The Bertz CT molecular complexity index is 1340. The number of benzene rings is 2. The molecule has 1 aliphatic rings. The first-order chi connectivity index (χ1) is 16.9. The van der Waals surface area contributed by atoms with Crippen LogP contribution in [-0.4, -0.2) is 53.0 Å². The number of carbonyl (C=O) groups excluding carboxylic acids is 1. The third-order valence-electron chi connectivity index (χ3n) is 6.38. The fourth-order valence-electron chi connectivity index (χ4n) is 4.39. The number of fused-ring (bicyclic) bond motifs is 1. The summed E-state index contributed by atoms with van der Waals surface area (Å²) in [4.78, 5) is 39.7. The Morgan fingerprint density at radius 2 is 1.80 bits per heavy atom. The molecule has 2 heterocycles. The maximum atomic E-state index is 14.1. The molecule has 3 aromatic rings. The highest BCUT2D eigenvalue weighted by Crippen LogP contribution is 2.26. The van der Waals surface area contributed by atoms with Gasteiger partial charge in [0.2, 0.25) is 6.41 Å². The molecule has 1 amide bonds. The number of hydrogen-bond donors (Lipinski definition) is 0. The van der Waals surface area contributed by atoms with E-state index >= 15 is 0 Å². The maximum absolute atomic E-state index is 14.1. The Balaban J connectivity index is 1.86. The van der Waals surface area contributed by atoms with Crippen molar-refractivity contribution < 1.29 is 22.7 Å². The third-order valence-corrected chi connectivity index (χ3v) is 6.38. The van der Waals surface area contributed by atoms with Gasteiger partial charge in [0.15, 0.2) is 6.10 Å². The highest BCUT2D eigenvalue weighted by molar-refractivity contribution is 5.80. The van der Waals surface area contributed by atoms with Gasteiger partial charge in [-0.05, 0) is 55.2 Å². The van der Waals surface area contributed by atoms with Crippen LogP contribution in [0.15, 0.2) is 46.0 Å². The molecule has 2 aromatic carbocycles. The highest BCUT2D eigenvalue weighted by Gasteiger charge is 2.25. The van der Waals surface area contributed by atoms with Crippen molar-refractivity contribution in [2.75, 3.05) is 26.4 Å². The molecule has 186 valence electrons. The monoisotopic (exact) mass is 489 g/mol. The van der Waals surface area contributed by atoms with E-state index in [1.807, 2.05) is 0 Å². The third kappa shape index (κ3) is 4.96. The number of amides is 1. The standard InChI is InChI=1S/C25H26F3N3O4/c1-16-2-3-17(10-22(16)28)14-30-24(33)21-11-19(35-20(12-26)13-27)4-5-23(21)31(25(30)34)18-6-8-29(15-32)9-7-18/h2-5,10-11,15,18,20H,6-9,12-14H2,1H3. The number of nitrogens with zero attached hydrogens (tertiary/aromatic N) is 3. The van der Waals surface area contributed by atoms with Gasteiger partial charge < -0.3 is 9.64 Å². The molecule has 0 spiro atoms. The number of halogens is 3. The molecule has 10 heteroatoms. The van der Waals surface area contributed by atoms with Crippen LogP contribution in [0.2, 0.25) is 0 Å². The molecule has 0 saturated carbocycles. The molecule has 1 aliphatic heterocycles. The van der Waals surface area contributed by atoms with Gasteiger partial charge in [0.25, 0.3) is 5.56 Å². The van der Waals surface area contributed by atoms with E-state index in [0.29, 0.717) is 42.6 Å². The molecule has 0 atom stereocenters. The molecule has 0 aliphatic carbocycles. The van der Waals surface area contributed by atoms with Gasteiger partial charge in [-0.15, -0.1) is 0 Å². The van der Waals surface area contributed by atoms with E-state index in [0.717, 1.165) is 11.0 Å². The lowest BCUT2D eigenvalue weighted by atomic mass is 10.0. The summed E-state index contributed by atoms with van der Waals surface area (Å²) in [5.74, 6) is -0.346. The summed E-state index contributed by atoms with van der Waals surface area (Å²) in [6.45, 7) is 0.309. The fourth-order valence-corrected chi connectivity index (χ4v) is 4.39. The van der Waals surface area contributed by atoms with Crippen molar-refractivity contribution in [1.29, 1.82) is 0 Å². The predicted molar refractivity (Wildman–Crippen MR) is 125 cm³/mol. The van der Waals surface area contributed by atoms with Gasteiger partial charge >= 0.3 is 5.69 Å². The van der Waals surface area contributed by atoms with Crippen LogP contribution in [0.5, 0.6) is 5.75 Å². The van der Waals surface area contributed by atoms with Crippen LogP contribution < -0.4 is 16.0 Å². The first-order valence-electron chi connectivity index (χ1n) is 11.4. The molecule has 0 radical (unpaired) electrons. The Kier molecular flexibility index (Phi) is 7.28. The van der Waals surface area contributed by atoms with Gasteiger partial charge in [0, 0.05) is 19.1 Å². The second-order valence-corrected chi connectivity index (χ2v) is 8.73. The van der Waals surface area contributed by atoms with Crippen LogP contribution in [0.4, 0.5) is 13.2 Å². The average Bonchev–Trinajstić information content (AvgIpc) is 2.87. The molecule has 35 heavy (non-hydrogen) atoms. The van der Waals surface area contributed by atoms with Crippen molar-refractivity contribution in [3.8, 4) is 5.75 Å². The molecule has 7 nitrogen and oxygen atoms in total.